The van der Waals surface area contributed by atoms with Crippen LogP contribution in [0.3, 0.4) is 0 Å². The predicted molar refractivity (Wildman–Crippen MR) is 82.1 cm³/mol. The summed E-state index contributed by atoms with van der Waals surface area (Å²) in [5, 5.41) is 20.0. The zero-order chi connectivity index (χ0) is 14.5. The van der Waals surface area contributed by atoms with E-state index in [0.717, 1.165) is 23.1 Å². The number of likely N-dealkylation sites (N-methyl/N-ethyl adjacent to an activating group) is 1. The zero-order valence-electron chi connectivity index (χ0n) is 11.9. The van der Waals surface area contributed by atoms with E-state index in [1.54, 1.807) is 13.8 Å². The summed E-state index contributed by atoms with van der Waals surface area (Å²) in [6.07, 6.45) is 0.203. The molecule has 0 heterocycles. The van der Waals surface area contributed by atoms with Crippen molar-refractivity contribution >= 4 is 15.9 Å². The van der Waals surface area contributed by atoms with E-state index in [2.05, 4.69) is 27.8 Å². The molecule has 1 aromatic carbocycles. The lowest BCUT2D eigenvalue weighted by Crippen LogP contribution is -2.39. The van der Waals surface area contributed by atoms with Crippen LogP contribution in [0.1, 0.15) is 38.9 Å². The van der Waals surface area contributed by atoms with Gasteiger partial charge in [0.05, 0.1) is 11.7 Å². The van der Waals surface area contributed by atoms with Crippen molar-refractivity contribution in [3.8, 4) is 0 Å². The van der Waals surface area contributed by atoms with E-state index < -0.39 is 11.7 Å². The molecule has 19 heavy (non-hydrogen) atoms. The Morgan fingerprint density at radius 1 is 1.37 bits per heavy atom. The molecule has 0 saturated carbocycles. The van der Waals surface area contributed by atoms with Gasteiger partial charge in [0.25, 0.3) is 0 Å². The average Bonchev–Trinajstić information content (AvgIpc) is 2.32. The van der Waals surface area contributed by atoms with Crippen molar-refractivity contribution in [2.45, 2.75) is 38.9 Å². The Balaban J connectivity index is 2.50. The van der Waals surface area contributed by atoms with Gasteiger partial charge in [0, 0.05) is 17.6 Å². The first-order chi connectivity index (χ1) is 8.81. The topological polar surface area (TPSA) is 43.7 Å². The third kappa shape index (κ3) is 6.52. The number of halogens is 1. The van der Waals surface area contributed by atoms with E-state index in [1.165, 1.54) is 0 Å². The fraction of sp³-hybridized carbons (Fsp3) is 0.600. The first-order valence-corrected chi connectivity index (χ1v) is 7.49. The first-order valence-electron chi connectivity index (χ1n) is 6.70. The molecule has 1 rings (SSSR count). The van der Waals surface area contributed by atoms with E-state index >= 15 is 0 Å². The summed E-state index contributed by atoms with van der Waals surface area (Å²) in [4.78, 5) is 2.15. The van der Waals surface area contributed by atoms with Crippen molar-refractivity contribution in [3.05, 3.63) is 34.3 Å². The zero-order valence-corrected chi connectivity index (χ0v) is 13.5. The molecule has 0 aromatic heterocycles. The quantitative estimate of drug-likeness (QED) is 0.808. The molecule has 1 aromatic rings. The summed E-state index contributed by atoms with van der Waals surface area (Å²) in [6.45, 7) is 7.94. The van der Waals surface area contributed by atoms with Crippen LogP contribution in [0.25, 0.3) is 0 Å². The summed E-state index contributed by atoms with van der Waals surface area (Å²) < 4.78 is 0.980. The van der Waals surface area contributed by atoms with Crippen LogP contribution in [-0.2, 0) is 0 Å². The third-order valence-corrected chi connectivity index (χ3v) is 3.50. The van der Waals surface area contributed by atoms with Gasteiger partial charge in [0.1, 0.15) is 0 Å². The molecule has 0 radical (unpaired) electrons. The van der Waals surface area contributed by atoms with Crippen LogP contribution in [0.5, 0.6) is 0 Å². The summed E-state index contributed by atoms with van der Waals surface area (Å²) in [7, 11) is 0. The second-order valence-corrected chi connectivity index (χ2v) is 6.46. The van der Waals surface area contributed by atoms with Gasteiger partial charge in [0.2, 0.25) is 0 Å². The van der Waals surface area contributed by atoms with Gasteiger partial charge in [-0.3, -0.25) is 0 Å². The number of aliphatic hydroxyl groups excluding tert-OH is 1. The molecule has 4 heteroatoms. The molecule has 0 bridgehead atoms. The normalized spacial score (nSPS) is 13.8. The highest BCUT2D eigenvalue weighted by Crippen LogP contribution is 2.21. The van der Waals surface area contributed by atoms with Gasteiger partial charge in [-0.2, -0.15) is 0 Å². The molecule has 0 aliphatic carbocycles. The van der Waals surface area contributed by atoms with Crippen LogP contribution < -0.4 is 0 Å². The molecule has 0 spiro atoms. The molecule has 108 valence electrons. The van der Waals surface area contributed by atoms with Crippen molar-refractivity contribution in [1.29, 1.82) is 0 Å². The first kappa shape index (κ1) is 16.6. The van der Waals surface area contributed by atoms with E-state index in [4.69, 9.17) is 0 Å². The minimum Gasteiger partial charge on any atom is -0.389 e. The van der Waals surface area contributed by atoms with Gasteiger partial charge in [-0.05, 0) is 44.5 Å². The number of aliphatic hydroxyl groups is 2. The summed E-state index contributed by atoms with van der Waals surface area (Å²) >= 11 is 3.41. The van der Waals surface area contributed by atoms with Crippen LogP contribution in [0.2, 0.25) is 0 Å². The van der Waals surface area contributed by atoms with Gasteiger partial charge in [0.15, 0.2) is 0 Å². The largest absolute Gasteiger partial charge is 0.389 e. The molecule has 2 N–H and O–H groups in total. The highest BCUT2D eigenvalue weighted by molar-refractivity contribution is 9.10. The molecule has 0 fully saturated rings. The van der Waals surface area contributed by atoms with Crippen molar-refractivity contribution in [2.75, 3.05) is 19.6 Å². The van der Waals surface area contributed by atoms with Crippen LogP contribution in [0, 0.1) is 0 Å². The molecule has 1 unspecified atom stereocenters. The maximum Gasteiger partial charge on any atom is 0.0802 e. The minimum absolute atomic E-state index is 0.464. The molecule has 1 atom stereocenters. The SMILES string of the molecule is CCN(CCC(O)c1cccc(Br)c1)CC(C)(C)O. The highest BCUT2D eigenvalue weighted by atomic mass is 79.9. The molecule has 3 nitrogen and oxygen atoms in total. The fourth-order valence-corrected chi connectivity index (χ4v) is 2.50. The maximum absolute atomic E-state index is 10.2. The third-order valence-electron chi connectivity index (χ3n) is 3.01. The molecule has 0 aliphatic rings. The average molecular weight is 330 g/mol. The Bertz CT molecular complexity index is 390. The predicted octanol–water partition coefficient (Wildman–Crippen LogP) is 2.97. The standard InChI is InChI=1S/C15H24BrNO2/c1-4-17(11-15(2,3)19)9-8-14(18)12-6-5-7-13(16)10-12/h5-7,10,14,18-19H,4,8-9,11H2,1-3H3. The second kappa shape index (κ2) is 7.39. The highest BCUT2D eigenvalue weighted by Gasteiger charge is 2.18. The number of hydrogen-bond acceptors (Lipinski definition) is 3. The van der Waals surface area contributed by atoms with Gasteiger partial charge in [-0.15, -0.1) is 0 Å². The Kier molecular flexibility index (Phi) is 6.47. The van der Waals surface area contributed by atoms with Crippen LogP contribution in [-0.4, -0.2) is 40.3 Å². The fourth-order valence-electron chi connectivity index (χ4n) is 2.08. The van der Waals surface area contributed by atoms with E-state index in [9.17, 15) is 10.2 Å². The van der Waals surface area contributed by atoms with Gasteiger partial charge in [-0.1, -0.05) is 35.0 Å². The number of rotatable bonds is 7. The Labute approximate surface area is 124 Å². The summed E-state index contributed by atoms with van der Waals surface area (Å²) in [6, 6.07) is 7.75. The van der Waals surface area contributed by atoms with Gasteiger partial charge < -0.3 is 15.1 Å². The lowest BCUT2D eigenvalue weighted by atomic mass is 10.1. The Morgan fingerprint density at radius 2 is 2.05 bits per heavy atom. The lowest BCUT2D eigenvalue weighted by Gasteiger charge is -2.28. The van der Waals surface area contributed by atoms with Gasteiger partial charge >= 0.3 is 0 Å². The van der Waals surface area contributed by atoms with Crippen molar-refractivity contribution in [3.63, 3.8) is 0 Å². The smallest absolute Gasteiger partial charge is 0.0802 e. The second-order valence-electron chi connectivity index (χ2n) is 5.54. The van der Waals surface area contributed by atoms with Crippen molar-refractivity contribution in [2.24, 2.45) is 0 Å². The van der Waals surface area contributed by atoms with E-state index in [1.807, 2.05) is 24.3 Å². The van der Waals surface area contributed by atoms with Crippen molar-refractivity contribution in [1.82, 2.24) is 4.90 Å². The molecular weight excluding hydrogens is 306 g/mol. The maximum atomic E-state index is 10.2. The monoisotopic (exact) mass is 329 g/mol. The van der Waals surface area contributed by atoms with Crippen LogP contribution in [0.4, 0.5) is 0 Å². The number of benzene rings is 1. The molecule has 0 saturated heterocycles. The van der Waals surface area contributed by atoms with E-state index in [0.29, 0.717) is 13.0 Å². The lowest BCUT2D eigenvalue weighted by molar-refractivity contribution is 0.0322. The number of nitrogens with zero attached hydrogens (tertiary/aromatic N) is 1. The molecule has 0 amide bonds. The summed E-state index contributed by atoms with van der Waals surface area (Å²) in [5.74, 6) is 0. The minimum atomic E-state index is -0.698. The summed E-state index contributed by atoms with van der Waals surface area (Å²) in [5.41, 5.74) is 0.227. The van der Waals surface area contributed by atoms with Crippen LogP contribution >= 0.6 is 15.9 Å². The Hall–Kier alpha value is -0.420. The van der Waals surface area contributed by atoms with E-state index in [-0.39, 0.29) is 0 Å². The van der Waals surface area contributed by atoms with Crippen molar-refractivity contribution < 1.29 is 10.2 Å². The molecule has 0 aliphatic heterocycles. The van der Waals surface area contributed by atoms with Gasteiger partial charge in [-0.25, -0.2) is 0 Å². The molecular formula is C15H24BrNO2. The number of hydrogen-bond donors (Lipinski definition) is 2. The Morgan fingerprint density at radius 3 is 2.58 bits per heavy atom. The van der Waals surface area contributed by atoms with Crippen LogP contribution in [0.15, 0.2) is 28.7 Å².